The molecule has 2 aromatic rings. The first-order chi connectivity index (χ1) is 16.2. The smallest absolute Gasteiger partial charge is 0.413 e. The molecule has 0 saturated carbocycles. The molecule has 1 fully saturated rings. The van der Waals surface area contributed by atoms with Crippen molar-refractivity contribution in [2.45, 2.75) is 38.8 Å². The second-order valence-corrected chi connectivity index (χ2v) is 8.29. The Hall–Kier alpha value is -3.88. The molecule has 9 heteroatoms. The first-order valence-corrected chi connectivity index (χ1v) is 11.0. The largest absolute Gasteiger partial charge is 0.491 e. The number of carbonyl (C=O) groups excluding carboxylic acids is 3. The fourth-order valence-electron chi connectivity index (χ4n) is 3.59. The predicted molar refractivity (Wildman–Crippen MR) is 126 cm³/mol. The van der Waals surface area contributed by atoms with Gasteiger partial charge in [0.25, 0.3) is 0 Å². The number of ether oxygens (including phenoxy) is 3. The van der Waals surface area contributed by atoms with E-state index >= 15 is 0 Å². The molecule has 0 unspecified atom stereocenters. The molecule has 0 radical (unpaired) electrons. The fourth-order valence-corrected chi connectivity index (χ4v) is 3.59. The quantitative estimate of drug-likeness (QED) is 0.311. The third-order valence-electron chi connectivity index (χ3n) is 5.31. The van der Waals surface area contributed by atoms with Crippen LogP contribution in [0.15, 0.2) is 48.5 Å². The molecule has 34 heavy (non-hydrogen) atoms. The Balaban J connectivity index is 1.51. The van der Waals surface area contributed by atoms with Crippen molar-refractivity contribution in [2.75, 3.05) is 13.7 Å². The van der Waals surface area contributed by atoms with Crippen LogP contribution in [0.4, 0.5) is 4.79 Å². The highest BCUT2D eigenvalue weighted by Crippen LogP contribution is 2.24. The number of rotatable bonds is 8. The maximum Gasteiger partial charge on any atom is 0.413 e. The first kappa shape index (κ1) is 24.8. The average Bonchev–Trinajstić information content (AvgIpc) is 3.16. The number of esters is 1. The van der Waals surface area contributed by atoms with Gasteiger partial charge in [0, 0.05) is 5.56 Å². The van der Waals surface area contributed by atoms with E-state index in [2.05, 4.69) is 15.4 Å². The van der Waals surface area contributed by atoms with E-state index in [9.17, 15) is 14.4 Å². The van der Waals surface area contributed by atoms with Gasteiger partial charge in [-0.25, -0.2) is 4.79 Å². The number of amides is 2. The number of hydrogen-bond donors (Lipinski definition) is 3. The molecule has 0 bridgehead atoms. The maximum atomic E-state index is 12.0. The summed E-state index contributed by atoms with van der Waals surface area (Å²) < 4.78 is 15.4. The number of benzene rings is 2. The van der Waals surface area contributed by atoms with Gasteiger partial charge >= 0.3 is 12.1 Å². The summed E-state index contributed by atoms with van der Waals surface area (Å²) in [7, 11) is 1.31. The summed E-state index contributed by atoms with van der Waals surface area (Å²) in [6.07, 6.45) is -0.320. The third-order valence-corrected chi connectivity index (χ3v) is 5.31. The van der Waals surface area contributed by atoms with Crippen LogP contribution in [0.2, 0.25) is 0 Å². The molecule has 1 heterocycles. The molecule has 1 saturated heterocycles. The summed E-state index contributed by atoms with van der Waals surface area (Å²) in [6, 6.07) is 14.6. The van der Waals surface area contributed by atoms with Crippen molar-refractivity contribution in [1.82, 2.24) is 10.6 Å². The van der Waals surface area contributed by atoms with E-state index in [4.69, 9.17) is 14.9 Å². The number of nitrogens with one attached hydrogen (secondary N) is 3. The van der Waals surface area contributed by atoms with Gasteiger partial charge in [0.2, 0.25) is 5.91 Å². The summed E-state index contributed by atoms with van der Waals surface area (Å²) >= 11 is 0. The van der Waals surface area contributed by atoms with Gasteiger partial charge in [-0.2, -0.15) is 0 Å². The van der Waals surface area contributed by atoms with Crippen molar-refractivity contribution in [3.8, 4) is 16.9 Å². The van der Waals surface area contributed by atoms with Crippen LogP contribution in [0, 0.1) is 11.3 Å². The van der Waals surface area contributed by atoms with Crippen molar-refractivity contribution in [3.63, 3.8) is 0 Å². The molecule has 1 aliphatic heterocycles. The molecule has 1 aliphatic rings. The molecule has 0 aromatic heterocycles. The first-order valence-electron chi connectivity index (χ1n) is 11.0. The fraction of sp³-hybridized carbons (Fsp3) is 0.360. The van der Waals surface area contributed by atoms with E-state index in [0.29, 0.717) is 24.3 Å². The van der Waals surface area contributed by atoms with Crippen LogP contribution >= 0.6 is 0 Å². The van der Waals surface area contributed by atoms with E-state index < -0.39 is 12.1 Å². The Kier molecular flexibility index (Phi) is 8.24. The summed E-state index contributed by atoms with van der Waals surface area (Å²) in [5.41, 5.74) is 2.47. The lowest BCUT2D eigenvalue weighted by Crippen LogP contribution is -2.32. The monoisotopic (exact) mass is 467 g/mol. The van der Waals surface area contributed by atoms with Crippen LogP contribution in [0.25, 0.3) is 11.1 Å². The molecule has 3 N–H and O–H groups in total. The van der Waals surface area contributed by atoms with Crippen LogP contribution < -0.4 is 15.4 Å². The van der Waals surface area contributed by atoms with Crippen molar-refractivity contribution in [3.05, 3.63) is 54.1 Å². The number of hydrogen-bond acceptors (Lipinski definition) is 7. The van der Waals surface area contributed by atoms with Gasteiger partial charge in [-0.15, -0.1) is 0 Å². The maximum absolute atomic E-state index is 12.0. The Bertz CT molecular complexity index is 1030. The van der Waals surface area contributed by atoms with Crippen molar-refractivity contribution >= 4 is 23.8 Å². The molecule has 2 aromatic carbocycles. The van der Waals surface area contributed by atoms with Gasteiger partial charge in [0.05, 0.1) is 31.6 Å². The zero-order valence-corrected chi connectivity index (χ0v) is 19.4. The van der Waals surface area contributed by atoms with Gasteiger partial charge in [-0.1, -0.05) is 36.4 Å². The summed E-state index contributed by atoms with van der Waals surface area (Å²) in [5, 5.41) is 13.3. The van der Waals surface area contributed by atoms with Crippen molar-refractivity contribution < 1.29 is 28.6 Å². The summed E-state index contributed by atoms with van der Waals surface area (Å²) in [6.45, 7) is 3.79. The SMILES string of the molecule is COC(=O)C[C@@H]1C[C@@H](COc2ccc(-c3ccc(C(=N)NC(=O)OC(C)C)cc3)cc2)NC1=O. The van der Waals surface area contributed by atoms with E-state index in [1.165, 1.54) is 7.11 Å². The van der Waals surface area contributed by atoms with E-state index in [-0.39, 0.29) is 36.2 Å². The third kappa shape index (κ3) is 6.81. The van der Waals surface area contributed by atoms with Gasteiger partial charge in [0.15, 0.2) is 0 Å². The van der Waals surface area contributed by atoms with Gasteiger partial charge in [-0.3, -0.25) is 20.3 Å². The molecular weight excluding hydrogens is 438 g/mol. The van der Waals surface area contributed by atoms with Crippen molar-refractivity contribution in [1.29, 1.82) is 5.41 Å². The topological polar surface area (TPSA) is 127 Å². The van der Waals surface area contributed by atoms with Gasteiger partial charge < -0.3 is 19.5 Å². The lowest BCUT2D eigenvalue weighted by Gasteiger charge is -2.13. The second-order valence-electron chi connectivity index (χ2n) is 8.29. The Morgan fingerprint density at radius 1 is 1.09 bits per heavy atom. The number of alkyl carbamates (subject to hydrolysis) is 1. The highest BCUT2D eigenvalue weighted by molar-refractivity contribution is 6.04. The lowest BCUT2D eigenvalue weighted by molar-refractivity contribution is -0.143. The summed E-state index contributed by atoms with van der Waals surface area (Å²) in [5.74, 6) is -0.302. The molecular formula is C25H29N3O6. The molecule has 3 rings (SSSR count). The molecule has 2 amide bonds. The Morgan fingerprint density at radius 3 is 2.29 bits per heavy atom. The van der Waals surface area contributed by atoms with Crippen LogP contribution in [0.5, 0.6) is 5.75 Å². The minimum absolute atomic E-state index is 0.0335. The average molecular weight is 468 g/mol. The number of amidine groups is 1. The predicted octanol–water partition coefficient (Wildman–Crippen LogP) is 3.26. The van der Waals surface area contributed by atoms with Gasteiger partial charge in [0.1, 0.15) is 18.2 Å². The van der Waals surface area contributed by atoms with Crippen LogP contribution in [-0.4, -0.2) is 49.7 Å². The van der Waals surface area contributed by atoms with E-state index in [1.807, 2.05) is 36.4 Å². The minimum Gasteiger partial charge on any atom is -0.491 e. The molecule has 2 atom stereocenters. The standard InChI is InChI=1S/C25H29N3O6/c1-15(2)34-25(31)28-23(26)18-6-4-16(5-7-18)17-8-10-21(11-9-17)33-14-20-12-19(24(30)27-20)13-22(29)32-3/h4-11,15,19-20H,12-14H2,1-3H3,(H,27,30)(H2,26,28,31)/t19-,20-/m0/s1. The van der Waals surface area contributed by atoms with Gasteiger partial charge in [-0.05, 0) is 43.5 Å². The lowest BCUT2D eigenvalue weighted by atomic mass is 10.0. The molecule has 180 valence electrons. The number of carbonyl (C=O) groups is 3. The zero-order chi connectivity index (χ0) is 24.7. The zero-order valence-electron chi connectivity index (χ0n) is 19.4. The highest BCUT2D eigenvalue weighted by atomic mass is 16.6. The van der Waals surface area contributed by atoms with Crippen LogP contribution in [0.1, 0.15) is 32.3 Å². The second kappa shape index (κ2) is 11.3. The Morgan fingerprint density at radius 2 is 1.71 bits per heavy atom. The van der Waals surface area contributed by atoms with E-state index in [1.54, 1.807) is 26.0 Å². The summed E-state index contributed by atoms with van der Waals surface area (Å²) in [4.78, 5) is 35.1. The normalized spacial score (nSPS) is 17.1. The number of methoxy groups -OCH3 is 1. The van der Waals surface area contributed by atoms with Crippen molar-refractivity contribution in [2.24, 2.45) is 5.92 Å². The molecule has 0 spiro atoms. The minimum atomic E-state index is -0.657. The molecule has 9 nitrogen and oxygen atoms in total. The Labute approximate surface area is 198 Å². The van der Waals surface area contributed by atoms with Crippen LogP contribution in [-0.2, 0) is 19.1 Å². The van der Waals surface area contributed by atoms with E-state index in [0.717, 1.165) is 11.1 Å². The molecule has 0 aliphatic carbocycles. The highest BCUT2D eigenvalue weighted by Gasteiger charge is 2.34. The van der Waals surface area contributed by atoms with Crippen LogP contribution in [0.3, 0.4) is 0 Å².